The van der Waals surface area contributed by atoms with E-state index in [2.05, 4.69) is 46.6 Å². The lowest BCUT2D eigenvalue weighted by molar-refractivity contribution is 0.133. The van der Waals surface area contributed by atoms with Crippen molar-refractivity contribution in [1.29, 1.82) is 5.26 Å². The van der Waals surface area contributed by atoms with E-state index in [-0.39, 0.29) is 11.7 Å². The van der Waals surface area contributed by atoms with Gasteiger partial charge in [0, 0.05) is 38.4 Å². The van der Waals surface area contributed by atoms with Crippen LogP contribution in [0.1, 0.15) is 32.3 Å². The molecule has 2 aromatic rings. The van der Waals surface area contributed by atoms with Crippen molar-refractivity contribution in [2.45, 2.75) is 32.1 Å². The van der Waals surface area contributed by atoms with E-state index < -0.39 is 21.3 Å². The van der Waals surface area contributed by atoms with Crippen LogP contribution >= 0.6 is 0 Å². The summed E-state index contributed by atoms with van der Waals surface area (Å²) in [5.41, 5.74) is 0.985. The number of piperazine rings is 1. The van der Waals surface area contributed by atoms with Gasteiger partial charge < -0.3 is 4.90 Å². The van der Waals surface area contributed by atoms with Crippen LogP contribution in [0.5, 0.6) is 0 Å². The lowest BCUT2D eigenvalue weighted by Crippen LogP contribution is -2.48. The number of benzene rings is 2. The van der Waals surface area contributed by atoms with Crippen molar-refractivity contribution in [3.63, 3.8) is 0 Å². The van der Waals surface area contributed by atoms with Gasteiger partial charge in [-0.1, -0.05) is 44.2 Å². The van der Waals surface area contributed by atoms with E-state index in [0.29, 0.717) is 12.2 Å². The lowest BCUT2D eigenvalue weighted by Gasteiger charge is -2.36. The molecule has 1 fully saturated rings. The maximum atomic E-state index is 13.0. The topological polar surface area (TPSA) is 76.4 Å². The molecule has 1 aliphatic rings. The van der Waals surface area contributed by atoms with Crippen LogP contribution in [0.3, 0.4) is 0 Å². The Morgan fingerprint density at radius 1 is 1.00 bits per heavy atom. The largest absolute Gasteiger partial charge is 0.301 e. The van der Waals surface area contributed by atoms with E-state index in [1.54, 1.807) is 0 Å². The summed E-state index contributed by atoms with van der Waals surface area (Å²) in [5.74, 6) is -0.175. The van der Waals surface area contributed by atoms with Crippen molar-refractivity contribution in [2.24, 2.45) is 5.92 Å². The molecule has 0 amide bonds. The maximum absolute atomic E-state index is 13.0. The summed E-state index contributed by atoms with van der Waals surface area (Å²) in [7, 11) is -3.49. The molecule has 1 N–H and O–H groups in total. The van der Waals surface area contributed by atoms with E-state index in [1.807, 2.05) is 18.2 Å². The Kier molecular flexibility index (Phi) is 9.06. The van der Waals surface area contributed by atoms with Crippen molar-refractivity contribution in [3.05, 3.63) is 66.0 Å². The highest BCUT2D eigenvalue weighted by atomic mass is 32.2. The van der Waals surface area contributed by atoms with Crippen LogP contribution in [-0.2, 0) is 15.4 Å². The van der Waals surface area contributed by atoms with Gasteiger partial charge in [0.2, 0.25) is 10.0 Å². The molecule has 6 nitrogen and oxygen atoms in total. The van der Waals surface area contributed by atoms with E-state index >= 15 is 0 Å². The SMILES string of the molecule is CC(C)C(C#N)(CCCN1CCN(CCS(=O)(=O)Nc2ccc(F)cc2)CC1)c1ccccc1. The number of hydrogen-bond donors (Lipinski definition) is 1. The number of anilines is 1. The van der Waals surface area contributed by atoms with Crippen molar-refractivity contribution in [1.82, 2.24) is 9.80 Å². The third-order valence-electron chi connectivity index (χ3n) is 6.78. The van der Waals surface area contributed by atoms with Crippen LogP contribution in [0.4, 0.5) is 10.1 Å². The Hall–Kier alpha value is -2.47. The monoisotopic (exact) mass is 486 g/mol. The number of nitrogens with one attached hydrogen (secondary N) is 1. The van der Waals surface area contributed by atoms with E-state index in [4.69, 9.17) is 0 Å². The first-order valence-electron chi connectivity index (χ1n) is 11.9. The van der Waals surface area contributed by atoms with Crippen LogP contribution in [0, 0.1) is 23.1 Å². The summed E-state index contributed by atoms with van der Waals surface area (Å²) in [5, 5.41) is 10.1. The average Bonchev–Trinajstić information content (AvgIpc) is 2.83. The normalized spacial score (nSPS) is 17.3. The Bertz CT molecular complexity index is 1050. The summed E-state index contributed by atoms with van der Waals surface area (Å²) in [4.78, 5) is 4.56. The van der Waals surface area contributed by atoms with Gasteiger partial charge >= 0.3 is 0 Å². The van der Waals surface area contributed by atoms with Crippen molar-refractivity contribution >= 4 is 15.7 Å². The van der Waals surface area contributed by atoms with Crippen LogP contribution in [-0.4, -0.2) is 63.2 Å². The van der Waals surface area contributed by atoms with Crippen LogP contribution in [0.15, 0.2) is 54.6 Å². The highest BCUT2D eigenvalue weighted by Gasteiger charge is 2.35. The molecule has 184 valence electrons. The van der Waals surface area contributed by atoms with Gasteiger partial charge in [0.25, 0.3) is 0 Å². The summed E-state index contributed by atoms with van der Waals surface area (Å²) >= 11 is 0. The Balaban J connectivity index is 1.42. The molecule has 0 aromatic heterocycles. The lowest BCUT2D eigenvalue weighted by atomic mass is 9.70. The number of sulfonamides is 1. The highest BCUT2D eigenvalue weighted by molar-refractivity contribution is 7.92. The molecule has 1 unspecified atom stereocenters. The molecule has 0 saturated carbocycles. The van der Waals surface area contributed by atoms with Gasteiger partial charge in [-0.15, -0.1) is 0 Å². The van der Waals surface area contributed by atoms with Gasteiger partial charge in [-0.2, -0.15) is 5.26 Å². The molecular formula is C26H35FN4O2S. The summed E-state index contributed by atoms with van der Waals surface area (Å²) in [6.07, 6.45) is 1.76. The molecule has 34 heavy (non-hydrogen) atoms. The first-order chi connectivity index (χ1) is 16.2. The quantitative estimate of drug-likeness (QED) is 0.518. The van der Waals surface area contributed by atoms with Gasteiger partial charge in [-0.3, -0.25) is 9.62 Å². The first-order valence-corrected chi connectivity index (χ1v) is 13.6. The smallest absolute Gasteiger partial charge is 0.233 e. The van der Waals surface area contributed by atoms with Gasteiger partial charge in [0.1, 0.15) is 5.82 Å². The number of hydrogen-bond acceptors (Lipinski definition) is 5. The standard InChI is InChI=1S/C26H35FN4O2S/c1-22(2)26(21-28,23-7-4-3-5-8-23)13-6-14-30-15-17-31(18-16-30)19-20-34(32,33)29-25-11-9-24(27)10-12-25/h3-5,7-12,22,29H,6,13-20H2,1-2H3. The van der Waals surface area contributed by atoms with Crippen molar-refractivity contribution in [3.8, 4) is 6.07 Å². The zero-order valence-electron chi connectivity index (χ0n) is 20.1. The number of rotatable bonds is 11. The van der Waals surface area contributed by atoms with Gasteiger partial charge in [-0.25, -0.2) is 12.8 Å². The average molecular weight is 487 g/mol. The highest BCUT2D eigenvalue weighted by Crippen LogP contribution is 2.36. The molecule has 1 saturated heterocycles. The second-order valence-corrected chi connectivity index (χ2v) is 11.2. The molecule has 1 atom stereocenters. The summed E-state index contributed by atoms with van der Waals surface area (Å²) in [6.45, 7) is 9.04. The van der Waals surface area contributed by atoms with Gasteiger partial charge in [0.05, 0.1) is 17.2 Å². The van der Waals surface area contributed by atoms with Gasteiger partial charge in [0.15, 0.2) is 0 Å². The fourth-order valence-electron chi connectivity index (χ4n) is 4.57. The predicted molar refractivity (Wildman–Crippen MR) is 134 cm³/mol. The molecule has 0 spiro atoms. The van der Waals surface area contributed by atoms with Crippen LogP contribution in [0.2, 0.25) is 0 Å². The maximum Gasteiger partial charge on any atom is 0.233 e. The second-order valence-electron chi connectivity index (χ2n) is 9.32. The minimum absolute atomic E-state index is 0.000526. The molecule has 1 heterocycles. The Morgan fingerprint density at radius 2 is 1.59 bits per heavy atom. The number of nitriles is 1. The summed E-state index contributed by atoms with van der Waals surface area (Å²) < 4.78 is 40.2. The minimum Gasteiger partial charge on any atom is -0.301 e. The number of nitrogens with zero attached hydrogens (tertiary/aromatic N) is 3. The second kappa shape index (κ2) is 11.8. The van der Waals surface area contributed by atoms with Crippen molar-refractivity contribution < 1.29 is 12.8 Å². The molecule has 0 radical (unpaired) electrons. The fraction of sp³-hybridized carbons (Fsp3) is 0.500. The fourth-order valence-corrected chi connectivity index (χ4v) is 5.66. The third kappa shape index (κ3) is 7.02. The minimum atomic E-state index is -3.49. The van der Waals surface area contributed by atoms with E-state index in [0.717, 1.165) is 51.1 Å². The Labute approximate surface area is 203 Å². The molecule has 0 aliphatic carbocycles. The van der Waals surface area contributed by atoms with E-state index in [1.165, 1.54) is 24.3 Å². The molecule has 2 aromatic carbocycles. The Morgan fingerprint density at radius 3 is 2.15 bits per heavy atom. The zero-order chi connectivity index (χ0) is 24.6. The summed E-state index contributed by atoms with van der Waals surface area (Å²) in [6, 6.07) is 18.0. The van der Waals surface area contributed by atoms with Crippen molar-refractivity contribution in [2.75, 3.05) is 49.7 Å². The van der Waals surface area contributed by atoms with Crippen LogP contribution < -0.4 is 4.72 Å². The predicted octanol–water partition coefficient (Wildman–Crippen LogP) is 4.08. The molecule has 3 rings (SSSR count). The van der Waals surface area contributed by atoms with Crippen LogP contribution in [0.25, 0.3) is 0 Å². The third-order valence-corrected chi connectivity index (χ3v) is 8.04. The zero-order valence-corrected chi connectivity index (χ0v) is 20.9. The molecule has 8 heteroatoms. The van der Waals surface area contributed by atoms with E-state index in [9.17, 15) is 18.1 Å². The van der Waals surface area contributed by atoms with Gasteiger partial charge in [-0.05, 0) is 55.1 Å². The molecule has 1 aliphatic heterocycles. The molecule has 0 bridgehead atoms. The molecular weight excluding hydrogens is 451 g/mol. The number of halogens is 1. The first kappa shape index (κ1) is 26.1.